The van der Waals surface area contributed by atoms with Gasteiger partial charge in [0.2, 0.25) is 0 Å². The summed E-state index contributed by atoms with van der Waals surface area (Å²) in [6.45, 7) is 5.89. The van der Waals surface area contributed by atoms with Crippen LogP contribution < -0.4 is 5.32 Å². The zero-order chi connectivity index (χ0) is 7.49. The maximum atomic E-state index is 10.7. The second-order valence-corrected chi connectivity index (χ2v) is 4.52. The van der Waals surface area contributed by atoms with Gasteiger partial charge in [0, 0.05) is 5.54 Å². The summed E-state index contributed by atoms with van der Waals surface area (Å²) in [6, 6.07) is 0. The molecule has 1 N–H and O–H groups in total. The van der Waals surface area contributed by atoms with Crippen LogP contribution in [0.2, 0.25) is 0 Å². The number of carbonyl (C=O) groups is 1. The Morgan fingerprint density at radius 3 is 2.11 bits per heavy atom. The van der Waals surface area contributed by atoms with E-state index in [1.807, 2.05) is 20.8 Å². The van der Waals surface area contributed by atoms with Gasteiger partial charge in [0.1, 0.15) is 0 Å². The summed E-state index contributed by atoms with van der Waals surface area (Å²) < 4.78 is 3.68. The Hall–Kier alpha value is 0.0700. The molecule has 9 heavy (non-hydrogen) atoms. The van der Waals surface area contributed by atoms with E-state index in [1.54, 1.807) is 0 Å². The molecule has 0 aliphatic carbocycles. The lowest BCUT2D eigenvalue weighted by molar-refractivity contribution is 0.255. The molecule has 0 aromatic heterocycles. The van der Waals surface area contributed by atoms with Crippen molar-refractivity contribution in [1.82, 2.24) is 5.32 Å². The molecule has 0 saturated carbocycles. The van der Waals surface area contributed by atoms with Gasteiger partial charge in [-0.2, -0.15) is 0 Å². The smallest absolute Gasteiger partial charge is 0.274 e. The Morgan fingerprint density at radius 2 is 2.00 bits per heavy atom. The van der Waals surface area contributed by atoms with Crippen LogP contribution in [0.5, 0.6) is 0 Å². The van der Waals surface area contributed by atoms with Crippen molar-refractivity contribution in [3.05, 3.63) is 0 Å². The first-order valence-electron chi connectivity index (χ1n) is 2.66. The molecule has 0 aliphatic heterocycles. The number of hydrogen-bond acceptors (Lipinski definition) is 1. The number of amides is 1. The van der Waals surface area contributed by atoms with E-state index in [9.17, 15) is 4.79 Å². The van der Waals surface area contributed by atoms with Crippen molar-refractivity contribution in [2.24, 2.45) is 0 Å². The van der Waals surface area contributed by atoms with Crippen LogP contribution in [0.1, 0.15) is 20.8 Å². The zero-order valence-corrected chi connectivity index (χ0v) is 8.15. The van der Waals surface area contributed by atoms with Crippen molar-refractivity contribution in [3.63, 3.8) is 0 Å². The van der Waals surface area contributed by atoms with Crippen LogP contribution in [-0.2, 0) is 0 Å². The lowest BCUT2D eigenvalue weighted by atomic mass is 10.1. The summed E-state index contributed by atoms with van der Waals surface area (Å²) in [5, 5.41) is 2.82. The minimum Gasteiger partial charge on any atom is -0.343 e. The largest absolute Gasteiger partial charge is 0.343 e. The monoisotopic (exact) mass is 241 g/mol. The minimum atomic E-state index is -0.521. The summed E-state index contributed by atoms with van der Waals surface area (Å²) in [7, 11) is 0. The standard InChI is InChI=1S/C6H12INO/c1-6(2,3)8-5(9)7-4/h4H2,1-3H3,(H,8,9). The molecule has 0 bridgehead atoms. The molecule has 0 unspecified atom stereocenters. The molecule has 3 heteroatoms. The van der Waals surface area contributed by atoms with Gasteiger partial charge in [0.05, 0.1) is 0 Å². The summed E-state index contributed by atoms with van der Waals surface area (Å²) in [5.41, 5.74) is -0.0888. The maximum Gasteiger partial charge on any atom is 0.274 e. The van der Waals surface area contributed by atoms with Gasteiger partial charge in [-0.05, 0) is 41.5 Å². The predicted octanol–water partition coefficient (Wildman–Crippen LogP) is 1.90. The third kappa shape index (κ3) is 5.95. The van der Waals surface area contributed by atoms with Crippen LogP contribution in [0.3, 0.4) is 0 Å². The first-order valence-corrected chi connectivity index (χ1v) is 5.26. The summed E-state index contributed by atoms with van der Waals surface area (Å²) in [6.07, 6.45) is 0. The highest BCUT2D eigenvalue weighted by Gasteiger charge is 2.10. The van der Waals surface area contributed by atoms with Crippen molar-refractivity contribution in [3.8, 4) is 0 Å². The summed E-state index contributed by atoms with van der Waals surface area (Å²) in [5.74, 6) is 0. The van der Waals surface area contributed by atoms with Crippen LogP contribution >= 0.6 is 20.7 Å². The summed E-state index contributed by atoms with van der Waals surface area (Å²) >= 11 is -0.521. The fourth-order valence-electron chi connectivity index (χ4n) is 0.328. The third-order valence-corrected chi connectivity index (χ3v) is 1.56. The second-order valence-electron chi connectivity index (χ2n) is 2.78. The summed E-state index contributed by atoms with van der Waals surface area (Å²) in [4.78, 5) is 10.7. The van der Waals surface area contributed by atoms with Gasteiger partial charge in [0.25, 0.3) is 3.91 Å². The third-order valence-electron chi connectivity index (χ3n) is 0.595. The molecule has 0 heterocycles. The molecule has 54 valence electrons. The molecule has 0 aliphatic rings. The number of halogens is 1. The Labute approximate surface area is 65.8 Å². The molecule has 0 aromatic rings. The highest BCUT2D eigenvalue weighted by atomic mass is 127. The van der Waals surface area contributed by atoms with Crippen LogP contribution in [0.15, 0.2) is 0 Å². The van der Waals surface area contributed by atoms with Gasteiger partial charge in [-0.1, -0.05) is 4.51 Å². The zero-order valence-electron chi connectivity index (χ0n) is 5.99. The Bertz CT molecular complexity index is 126. The minimum absolute atomic E-state index is 0.0888. The maximum absolute atomic E-state index is 10.7. The van der Waals surface area contributed by atoms with Crippen molar-refractivity contribution in [2.75, 3.05) is 0 Å². The van der Waals surface area contributed by atoms with Crippen LogP contribution in [-0.4, -0.2) is 14.0 Å². The molecule has 0 fully saturated rings. The molecule has 0 atom stereocenters. The van der Waals surface area contributed by atoms with E-state index in [2.05, 4.69) is 9.83 Å². The molecule has 0 radical (unpaired) electrons. The average molecular weight is 241 g/mol. The fourth-order valence-corrected chi connectivity index (χ4v) is 1.33. The highest BCUT2D eigenvalue weighted by Crippen LogP contribution is 2.03. The van der Waals surface area contributed by atoms with E-state index in [-0.39, 0.29) is 9.45 Å². The Morgan fingerprint density at radius 1 is 1.56 bits per heavy atom. The van der Waals surface area contributed by atoms with E-state index in [4.69, 9.17) is 0 Å². The van der Waals surface area contributed by atoms with E-state index in [0.717, 1.165) is 0 Å². The molecule has 0 spiro atoms. The van der Waals surface area contributed by atoms with Gasteiger partial charge < -0.3 is 5.32 Å². The van der Waals surface area contributed by atoms with E-state index < -0.39 is 20.7 Å². The molecule has 2 nitrogen and oxygen atoms in total. The van der Waals surface area contributed by atoms with E-state index in [0.29, 0.717) is 0 Å². The molecule has 0 rings (SSSR count). The highest BCUT2D eigenvalue weighted by molar-refractivity contribution is 14.2. The molecule has 0 aromatic carbocycles. The molecular formula is C6H12INO. The van der Waals surface area contributed by atoms with Crippen LogP contribution in [0.4, 0.5) is 4.79 Å². The quantitative estimate of drug-likeness (QED) is 0.424. The lowest BCUT2D eigenvalue weighted by Gasteiger charge is -2.18. The molecule has 1 amide bonds. The number of carbonyl (C=O) groups excluding carboxylic acids is 1. The number of hydrogen-bond donors (Lipinski definition) is 1. The first kappa shape index (κ1) is 9.07. The normalized spacial score (nSPS) is 11.0. The van der Waals surface area contributed by atoms with E-state index in [1.165, 1.54) is 0 Å². The number of rotatable bonds is 1. The fraction of sp³-hybridized carbons (Fsp3) is 0.667. The first-order chi connectivity index (χ1) is 3.95. The molecule has 0 saturated heterocycles. The van der Waals surface area contributed by atoms with E-state index >= 15 is 0 Å². The van der Waals surface area contributed by atoms with Crippen LogP contribution in [0.25, 0.3) is 0 Å². The van der Waals surface area contributed by atoms with Gasteiger partial charge in [-0.3, -0.25) is 4.79 Å². The van der Waals surface area contributed by atoms with Gasteiger partial charge >= 0.3 is 0 Å². The SMILES string of the molecule is C=IC(=O)NC(C)(C)C. The predicted molar refractivity (Wildman–Crippen MR) is 49.4 cm³/mol. The van der Waals surface area contributed by atoms with Gasteiger partial charge in [-0.25, -0.2) is 0 Å². The van der Waals surface area contributed by atoms with Crippen LogP contribution in [0, 0.1) is 0 Å². The Kier molecular flexibility index (Phi) is 3.32. The van der Waals surface area contributed by atoms with Crippen molar-refractivity contribution >= 4 is 29.2 Å². The Balaban J connectivity index is 3.74. The second kappa shape index (κ2) is 3.29. The lowest BCUT2D eigenvalue weighted by Crippen LogP contribution is -2.37. The average Bonchev–Trinajstić information content (AvgIpc) is 1.62. The topological polar surface area (TPSA) is 29.1 Å². The number of nitrogens with one attached hydrogen (secondary N) is 1. The van der Waals surface area contributed by atoms with Crippen molar-refractivity contribution < 1.29 is 4.79 Å². The molecular weight excluding hydrogens is 229 g/mol. The van der Waals surface area contributed by atoms with Crippen molar-refractivity contribution in [2.45, 2.75) is 26.3 Å². The van der Waals surface area contributed by atoms with Gasteiger partial charge in [-0.15, -0.1) is 0 Å². The van der Waals surface area contributed by atoms with Crippen molar-refractivity contribution in [1.29, 1.82) is 0 Å². The van der Waals surface area contributed by atoms with Gasteiger partial charge in [0.15, 0.2) is 0 Å².